The molecule has 3 nitrogen and oxygen atoms in total. The minimum atomic E-state index is -0.750. The number of hydrogen-bond acceptors (Lipinski definition) is 2. The van der Waals surface area contributed by atoms with Gasteiger partial charge in [-0.25, -0.2) is 4.39 Å². The second-order valence-corrected chi connectivity index (χ2v) is 4.92. The molecular weight excluding hydrogens is 281 g/mol. The lowest BCUT2D eigenvalue weighted by molar-refractivity contribution is 0.102. The normalized spacial score (nSPS) is 10.4. The van der Waals surface area contributed by atoms with Gasteiger partial charge in [-0.2, -0.15) is 0 Å². The van der Waals surface area contributed by atoms with Gasteiger partial charge in [-0.05, 0) is 49.2 Å². The molecule has 1 amide bonds. The van der Waals surface area contributed by atoms with Crippen molar-refractivity contribution in [2.75, 3.05) is 5.32 Å². The lowest BCUT2D eigenvalue weighted by Crippen LogP contribution is -2.14. The summed E-state index contributed by atoms with van der Waals surface area (Å²) in [5.41, 5.74) is 1.70. The van der Waals surface area contributed by atoms with Crippen molar-refractivity contribution in [2.45, 2.75) is 13.8 Å². The minimum Gasteiger partial charge on any atom is -0.508 e. The van der Waals surface area contributed by atoms with Gasteiger partial charge in [-0.3, -0.25) is 4.79 Å². The van der Waals surface area contributed by atoms with E-state index in [1.165, 1.54) is 18.2 Å². The summed E-state index contributed by atoms with van der Waals surface area (Å²) in [6.07, 6.45) is 0. The van der Waals surface area contributed by atoms with Gasteiger partial charge in [0, 0.05) is 5.69 Å². The Hall–Kier alpha value is -2.07. The molecule has 0 aromatic heterocycles. The largest absolute Gasteiger partial charge is 0.508 e. The van der Waals surface area contributed by atoms with Crippen molar-refractivity contribution >= 4 is 23.2 Å². The number of rotatable bonds is 2. The monoisotopic (exact) mass is 293 g/mol. The van der Waals surface area contributed by atoms with E-state index >= 15 is 0 Å². The summed E-state index contributed by atoms with van der Waals surface area (Å²) in [4.78, 5) is 12.1. The Morgan fingerprint density at radius 2 is 1.95 bits per heavy atom. The lowest BCUT2D eigenvalue weighted by atomic mass is 10.1. The molecule has 2 N–H and O–H groups in total. The van der Waals surface area contributed by atoms with Crippen LogP contribution in [0.2, 0.25) is 5.02 Å². The molecule has 2 aromatic carbocycles. The second kappa shape index (κ2) is 5.51. The molecule has 0 fully saturated rings. The van der Waals surface area contributed by atoms with E-state index in [0.29, 0.717) is 16.8 Å². The third-order valence-corrected chi connectivity index (χ3v) is 3.28. The number of hydrogen-bond donors (Lipinski definition) is 2. The number of aromatic hydroxyl groups is 1. The fourth-order valence-electron chi connectivity index (χ4n) is 1.80. The Kier molecular flexibility index (Phi) is 3.95. The highest BCUT2D eigenvalue weighted by atomic mass is 35.5. The molecule has 0 aliphatic heterocycles. The fourth-order valence-corrected chi connectivity index (χ4v) is 1.98. The highest BCUT2D eigenvalue weighted by Crippen LogP contribution is 2.26. The summed E-state index contributed by atoms with van der Waals surface area (Å²) in [5.74, 6) is -1.19. The van der Waals surface area contributed by atoms with Crippen LogP contribution in [-0.2, 0) is 0 Å². The van der Waals surface area contributed by atoms with Crippen LogP contribution < -0.4 is 5.32 Å². The van der Waals surface area contributed by atoms with E-state index in [1.807, 2.05) is 0 Å². The lowest BCUT2D eigenvalue weighted by Gasteiger charge is -2.11. The first kappa shape index (κ1) is 14.3. The number of phenolic OH excluding ortho intramolecular Hbond substituents is 1. The predicted molar refractivity (Wildman–Crippen MR) is 76.9 cm³/mol. The maximum Gasteiger partial charge on any atom is 0.258 e. The number of carbonyl (C=O) groups is 1. The molecule has 5 heteroatoms. The Balaban J connectivity index is 2.33. The van der Waals surface area contributed by atoms with E-state index in [9.17, 15) is 14.3 Å². The third kappa shape index (κ3) is 2.75. The number of benzene rings is 2. The van der Waals surface area contributed by atoms with Crippen molar-refractivity contribution in [1.29, 1.82) is 0 Å². The molecule has 104 valence electrons. The summed E-state index contributed by atoms with van der Waals surface area (Å²) in [6.45, 7) is 3.45. The molecule has 0 unspecified atom stereocenters. The topological polar surface area (TPSA) is 49.3 Å². The zero-order valence-corrected chi connectivity index (χ0v) is 11.8. The molecule has 0 radical (unpaired) electrons. The number of phenols is 1. The molecule has 0 aliphatic carbocycles. The van der Waals surface area contributed by atoms with Crippen molar-refractivity contribution in [1.82, 2.24) is 0 Å². The van der Waals surface area contributed by atoms with Gasteiger partial charge in [0.25, 0.3) is 5.91 Å². The first-order valence-corrected chi connectivity index (χ1v) is 6.33. The van der Waals surface area contributed by atoms with Crippen molar-refractivity contribution < 1.29 is 14.3 Å². The molecule has 0 spiro atoms. The Morgan fingerprint density at radius 3 is 2.65 bits per heavy atom. The van der Waals surface area contributed by atoms with Gasteiger partial charge in [0.1, 0.15) is 5.75 Å². The molecule has 0 aliphatic rings. The van der Waals surface area contributed by atoms with E-state index < -0.39 is 11.7 Å². The summed E-state index contributed by atoms with van der Waals surface area (Å²) in [5, 5.41) is 12.1. The SMILES string of the molecule is Cc1cc(NC(=O)c2cccc(Cl)c2F)c(C)cc1O. The van der Waals surface area contributed by atoms with Crippen molar-refractivity contribution in [3.05, 3.63) is 57.9 Å². The first-order valence-electron chi connectivity index (χ1n) is 5.95. The zero-order chi connectivity index (χ0) is 14.9. The maximum absolute atomic E-state index is 13.8. The number of anilines is 1. The molecule has 0 bridgehead atoms. The Labute approximate surface area is 121 Å². The van der Waals surface area contributed by atoms with Gasteiger partial charge < -0.3 is 10.4 Å². The molecule has 2 rings (SSSR count). The molecule has 0 heterocycles. The van der Waals surface area contributed by atoms with E-state index in [4.69, 9.17) is 11.6 Å². The minimum absolute atomic E-state index is 0.101. The van der Waals surface area contributed by atoms with E-state index in [-0.39, 0.29) is 16.3 Å². The highest BCUT2D eigenvalue weighted by Gasteiger charge is 2.15. The van der Waals surface area contributed by atoms with Crippen LogP contribution in [0.25, 0.3) is 0 Å². The van der Waals surface area contributed by atoms with Crippen LogP contribution in [-0.4, -0.2) is 11.0 Å². The summed E-state index contributed by atoms with van der Waals surface area (Å²) in [6, 6.07) is 7.42. The summed E-state index contributed by atoms with van der Waals surface area (Å²) < 4.78 is 13.8. The fraction of sp³-hybridized carbons (Fsp3) is 0.133. The maximum atomic E-state index is 13.8. The average Bonchev–Trinajstić information content (AvgIpc) is 2.39. The van der Waals surface area contributed by atoms with Crippen LogP contribution in [0.1, 0.15) is 21.5 Å². The standard InChI is InChI=1S/C15H13ClFNO2/c1-8-7-13(19)9(2)6-12(8)18-15(20)10-4-3-5-11(16)14(10)17/h3-7,19H,1-2H3,(H,18,20). The molecule has 0 saturated heterocycles. The Morgan fingerprint density at radius 1 is 1.25 bits per heavy atom. The number of carbonyl (C=O) groups excluding carboxylic acids is 1. The van der Waals surface area contributed by atoms with Gasteiger partial charge in [0.05, 0.1) is 10.6 Å². The first-order chi connectivity index (χ1) is 9.40. The van der Waals surface area contributed by atoms with Crippen molar-refractivity contribution in [3.63, 3.8) is 0 Å². The quantitative estimate of drug-likeness (QED) is 0.821. The molecule has 0 atom stereocenters. The van der Waals surface area contributed by atoms with Gasteiger partial charge in [0.2, 0.25) is 0 Å². The predicted octanol–water partition coefficient (Wildman–Crippen LogP) is 4.05. The smallest absolute Gasteiger partial charge is 0.258 e. The van der Waals surface area contributed by atoms with Crippen LogP contribution >= 0.6 is 11.6 Å². The van der Waals surface area contributed by atoms with Crippen LogP contribution in [0, 0.1) is 19.7 Å². The van der Waals surface area contributed by atoms with Crippen LogP contribution in [0.3, 0.4) is 0 Å². The Bertz CT molecular complexity index is 686. The summed E-state index contributed by atoms with van der Waals surface area (Å²) >= 11 is 5.65. The van der Waals surface area contributed by atoms with E-state index in [0.717, 1.165) is 0 Å². The summed E-state index contributed by atoms with van der Waals surface area (Å²) in [7, 11) is 0. The highest BCUT2D eigenvalue weighted by molar-refractivity contribution is 6.31. The number of halogens is 2. The van der Waals surface area contributed by atoms with Crippen LogP contribution in [0.15, 0.2) is 30.3 Å². The van der Waals surface area contributed by atoms with Crippen molar-refractivity contribution in [3.8, 4) is 5.75 Å². The van der Waals surface area contributed by atoms with E-state index in [1.54, 1.807) is 26.0 Å². The molecular formula is C15H13ClFNO2. The average molecular weight is 294 g/mol. The van der Waals surface area contributed by atoms with Gasteiger partial charge in [-0.1, -0.05) is 17.7 Å². The second-order valence-electron chi connectivity index (χ2n) is 4.51. The number of nitrogens with one attached hydrogen (secondary N) is 1. The van der Waals surface area contributed by atoms with Gasteiger partial charge in [-0.15, -0.1) is 0 Å². The van der Waals surface area contributed by atoms with Crippen LogP contribution in [0.5, 0.6) is 5.75 Å². The van der Waals surface area contributed by atoms with Gasteiger partial charge >= 0.3 is 0 Å². The molecule has 2 aromatic rings. The van der Waals surface area contributed by atoms with E-state index in [2.05, 4.69) is 5.32 Å². The van der Waals surface area contributed by atoms with Gasteiger partial charge in [0.15, 0.2) is 5.82 Å². The van der Waals surface area contributed by atoms with Crippen molar-refractivity contribution in [2.24, 2.45) is 0 Å². The number of aryl methyl sites for hydroxylation is 2. The molecule has 0 saturated carbocycles. The number of amides is 1. The zero-order valence-electron chi connectivity index (χ0n) is 11.0. The molecule has 20 heavy (non-hydrogen) atoms. The van der Waals surface area contributed by atoms with Crippen LogP contribution in [0.4, 0.5) is 10.1 Å². The third-order valence-electron chi connectivity index (χ3n) is 2.99.